The minimum atomic E-state index is -0.116. The first-order chi connectivity index (χ1) is 13.2. The second-order valence-corrected chi connectivity index (χ2v) is 6.56. The Morgan fingerprint density at radius 1 is 0.963 bits per heavy atom. The molecule has 0 fully saturated rings. The number of ketones is 1. The Morgan fingerprint density at radius 2 is 1.70 bits per heavy atom. The first kappa shape index (κ1) is 18.7. The number of Topliss-reactive ketones (excluding diaryl/α,β-unsaturated/α-hetero) is 1. The molecule has 1 unspecified atom stereocenters. The summed E-state index contributed by atoms with van der Waals surface area (Å²) in [5.41, 5.74) is 3.98. The Hall–Kier alpha value is -3.07. The van der Waals surface area contributed by atoms with Crippen molar-refractivity contribution in [2.45, 2.75) is 26.3 Å². The molecule has 0 amide bonds. The Bertz CT molecular complexity index is 872. The minimum Gasteiger partial charge on any atom is -0.494 e. The second kappa shape index (κ2) is 9.04. The van der Waals surface area contributed by atoms with Crippen LogP contribution in [0.4, 0.5) is 5.69 Å². The highest BCUT2D eigenvalue weighted by Gasteiger charge is 2.17. The highest BCUT2D eigenvalue weighted by Crippen LogP contribution is 2.26. The number of carbonyl (C=O) groups excluding carboxylic acids is 1. The molecule has 0 radical (unpaired) electrons. The highest BCUT2D eigenvalue weighted by molar-refractivity contribution is 5.96. The van der Waals surface area contributed by atoms with Crippen molar-refractivity contribution in [1.29, 1.82) is 0 Å². The van der Waals surface area contributed by atoms with E-state index in [1.54, 1.807) is 0 Å². The van der Waals surface area contributed by atoms with Gasteiger partial charge in [-0.3, -0.25) is 4.79 Å². The molecule has 138 valence electrons. The number of hydrogen-bond acceptors (Lipinski definition) is 3. The fourth-order valence-electron chi connectivity index (χ4n) is 3.08. The van der Waals surface area contributed by atoms with Crippen LogP contribution in [0.2, 0.25) is 0 Å². The summed E-state index contributed by atoms with van der Waals surface area (Å²) in [5.74, 6) is 0.958. The van der Waals surface area contributed by atoms with Crippen LogP contribution >= 0.6 is 0 Å². The van der Waals surface area contributed by atoms with Gasteiger partial charge in [0.05, 0.1) is 12.6 Å². The number of benzene rings is 3. The summed E-state index contributed by atoms with van der Waals surface area (Å²) in [6.45, 7) is 4.66. The summed E-state index contributed by atoms with van der Waals surface area (Å²) >= 11 is 0. The zero-order valence-corrected chi connectivity index (χ0v) is 15.8. The van der Waals surface area contributed by atoms with E-state index in [1.807, 2.05) is 73.7 Å². The van der Waals surface area contributed by atoms with E-state index < -0.39 is 0 Å². The average Bonchev–Trinajstić information content (AvgIpc) is 2.69. The van der Waals surface area contributed by atoms with Gasteiger partial charge < -0.3 is 10.1 Å². The molecule has 0 saturated heterocycles. The maximum atomic E-state index is 12.8. The maximum Gasteiger partial charge on any atom is 0.165 e. The van der Waals surface area contributed by atoms with Crippen LogP contribution in [0.15, 0.2) is 78.9 Å². The van der Waals surface area contributed by atoms with Crippen molar-refractivity contribution in [3.8, 4) is 5.75 Å². The molecule has 0 saturated carbocycles. The number of carbonyl (C=O) groups is 1. The van der Waals surface area contributed by atoms with Crippen LogP contribution in [0.25, 0.3) is 0 Å². The van der Waals surface area contributed by atoms with Crippen molar-refractivity contribution < 1.29 is 9.53 Å². The van der Waals surface area contributed by atoms with E-state index in [0.29, 0.717) is 13.0 Å². The molecule has 0 heterocycles. The van der Waals surface area contributed by atoms with E-state index in [0.717, 1.165) is 22.6 Å². The van der Waals surface area contributed by atoms with Crippen molar-refractivity contribution in [2.75, 3.05) is 11.9 Å². The predicted octanol–water partition coefficient (Wildman–Crippen LogP) is 5.82. The van der Waals surface area contributed by atoms with Gasteiger partial charge in [0.25, 0.3) is 0 Å². The fourth-order valence-corrected chi connectivity index (χ4v) is 3.08. The lowest BCUT2D eigenvalue weighted by molar-refractivity contribution is 0.0976. The van der Waals surface area contributed by atoms with Crippen LogP contribution < -0.4 is 10.1 Å². The van der Waals surface area contributed by atoms with Crippen LogP contribution in [-0.2, 0) is 0 Å². The lowest BCUT2D eigenvalue weighted by Gasteiger charge is -2.21. The Balaban J connectivity index is 1.84. The summed E-state index contributed by atoms with van der Waals surface area (Å²) in [6.07, 6.45) is 0.381. The van der Waals surface area contributed by atoms with Gasteiger partial charge in [-0.1, -0.05) is 54.6 Å². The van der Waals surface area contributed by atoms with E-state index >= 15 is 0 Å². The third-order valence-electron chi connectivity index (χ3n) is 4.44. The molecule has 0 spiro atoms. The first-order valence-electron chi connectivity index (χ1n) is 9.30. The molecule has 3 nitrogen and oxygen atoms in total. The van der Waals surface area contributed by atoms with Crippen molar-refractivity contribution >= 4 is 11.5 Å². The number of ether oxygens (including phenoxy) is 1. The highest BCUT2D eigenvalue weighted by atomic mass is 16.5. The average molecular weight is 359 g/mol. The number of hydrogen-bond donors (Lipinski definition) is 1. The van der Waals surface area contributed by atoms with Gasteiger partial charge in [0.15, 0.2) is 5.78 Å². The van der Waals surface area contributed by atoms with Crippen molar-refractivity contribution in [3.63, 3.8) is 0 Å². The zero-order chi connectivity index (χ0) is 19.1. The van der Waals surface area contributed by atoms with Gasteiger partial charge in [-0.15, -0.1) is 0 Å². The molecule has 3 aromatic rings. The molecule has 3 rings (SSSR count). The molecule has 0 aliphatic rings. The summed E-state index contributed by atoms with van der Waals surface area (Å²) in [5, 5.41) is 3.53. The van der Waals surface area contributed by atoms with Gasteiger partial charge >= 0.3 is 0 Å². The van der Waals surface area contributed by atoms with E-state index in [2.05, 4.69) is 24.4 Å². The number of rotatable bonds is 8. The summed E-state index contributed by atoms with van der Waals surface area (Å²) in [4.78, 5) is 12.8. The Labute approximate surface area is 161 Å². The third-order valence-corrected chi connectivity index (χ3v) is 4.44. The van der Waals surface area contributed by atoms with Crippen molar-refractivity contribution in [1.82, 2.24) is 0 Å². The lowest BCUT2D eigenvalue weighted by atomic mass is 9.97. The smallest absolute Gasteiger partial charge is 0.165 e. The standard InChI is InChI=1S/C24H25NO2/c1-3-27-22-14-12-19(13-15-22)23(25-21-11-7-8-18(2)16-21)17-24(26)20-9-5-4-6-10-20/h4-16,23,25H,3,17H2,1-2H3. The SMILES string of the molecule is CCOc1ccc(C(CC(=O)c2ccccc2)Nc2cccc(C)c2)cc1. The van der Waals surface area contributed by atoms with Crippen molar-refractivity contribution in [3.05, 3.63) is 95.6 Å². The third kappa shape index (κ3) is 5.20. The summed E-state index contributed by atoms with van der Waals surface area (Å²) < 4.78 is 5.54. The van der Waals surface area contributed by atoms with Gasteiger partial charge in [0.1, 0.15) is 5.75 Å². The molecule has 1 N–H and O–H groups in total. The van der Waals surface area contributed by atoms with Gasteiger partial charge in [-0.25, -0.2) is 0 Å². The quantitative estimate of drug-likeness (QED) is 0.515. The van der Waals surface area contributed by atoms with E-state index in [4.69, 9.17) is 4.74 Å². The molecular weight excluding hydrogens is 334 g/mol. The largest absolute Gasteiger partial charge is 0.494 e. The summed E-state index contributed by atoms with van der Waals surface area (Å²) in [6, 6.07) is 25.5. The van der Waals surface area contributed by atoms with E-state index in [-0.39, 0.29) is 11.8 Å². The molecule has 3 heteroatoms. The maximum absolute atomic E-state index is 12.8. The van der Waals surface area contributed by atoms with Crippen LogP contribution in [0.5, 0.6) is 5.75 Å². The molecule has 0 aliphatic heterocycles. The predicted molar refractivity (Wildman–Crippen MR) is 111 cm³/mol. The van der Waals surface area contributed by atoms with Crippen LogP contribution in [0, 0.1) is 6.92 Å². The van der Waals surface area contributed by atoms with Crippen LogP contribution in [0.3, 0.4) is 0 Å². The monoisotopic (exact) mass is 359 g/mol. The zero-order valence-electron chi connectivity index (χ0n) is 15.8. The molecule has 0 aliphatic carbocycles. The fraction of sp³-hybridized carbons (Fsp3) is 0.208. The van der Waals surface area contributed by atoms with Gasteiger partial charge in [0.2, 0.25) is 0 Å². The first-order valence-corrected chi connectivity index (χ1v) is 9.30. The number of anilines is 1. The molecule has 1 atom stereocenters. The van der Waals surface area contributed by atoms with Gasteiger partial charge in [0, 0.05) is 17.7 Å². The number of nitrogens with one attached hydrogen (secondary N) is 1. The molecule has 0 bridgehead atoms. The Morgan fingerprint density at radius 3 is 2.37 bits per heavy atom. The second-order valence-electron chi connectivity index (χ2n) is 6.56. The van der Waals surface area contributed by atoms with Gasteiger partial charge in [-0.05, 0) is 49.2 Å². The summed E-state index contributed by atoms with van der Waals surface area (Å²) in [7, 11) is 0. The minimum absolute atomic E-state index is 0.116. The van der Waals surface area contributed by atoms with E-state index in [1.165, 1.54) is 5.56 Å². The topological polar surface area (TPSA) is 38.3 Å². The number of aryl methyl sites for hydroxylation is 1. The molecular formula is C24H25NO2. The molecule has 0 aromatic heterocycles. The van der Waals surface area contributed by atoms with Crippen LogP contribution in [0.1, 0.15) is 40.9 Å². The Kier molecular flexibility index (Phi) is 6.26. The van der Waals surface area contributed by atoms with E-state index in [9.17, 15) is 4.79 Å². The lowest BCUT2D eigenvalue weighted by Crippen LogP contribution is -2.16. The molecule has 27 heavy (non-hydrogen) atoms. The van der Waals surface area contributed by atoms with Crippen molar-refractivity contribution in [2.24, 2.45) is 0 Å². The van der Waals surface area contributed by atoms with Gasteiger partial charge in [-0.2, -0.15) is 0 Å². The van der Waals surface area contributed by atoms with Crippen LogP contribution in [-0.4, -0.2) is 12.4 Å². The normalized spacial score (nSPS) is 11.6. The molecule has 3 aromatic carbocycles.